The third-order valence-electron chi connectivity index (χ3n) is 4.16. The molecule has 1 aliphatic rings. The second-order valence-corrected chi connectivity index (χ2v) is 5.77. The van der Waals surface area contributed by atoms with Crippen molar-refractivity contribution >= 4 is 5.91 Å². The smallest absolute Gasteiger partial charge is 0.239 e. The molecule has 3 heteroatoms. The highest BCUT2D eigenvalue weighted by molar-refractivity contribution is 5.82. The van der Waals surface area contributed by atoms with E-state index in [1.165, 1.54) is 5.56 Å². The Bertz CT molecular complexity index is 418. The lowest BCUT2D eigenvalue weighted by Gasteiger charge is -2.27. The van der Waals surface area contributed by atoms with Gasteiger partial charge in [-0.15, -0.1) is 0 Å². The number of carbonyl (C=O) groups excluding carboxylic acids is 1. The molecule has 1 heterocycles. The maximum Gasteiger partial charge on any atom is 0.239 e. The van der Waals surface area contributed by atoms with Crippen molar-refractivity contribution in [2.45, 2.75) is 57.5 Å². The first-order valence-electron chi connectivity index (χ1n) is 7.82. The molecular formula is C17H26N2O. The standard InChI is InChI=1S/C17H26N2O/c1-2-3-11-16(18)17(20)19-12-7-10-15(19)13-14-8-5-4-6-9-14/h4-6,8-9,15-16H,2-3,7,10-13,18H2,1H3. The number of likely N-dealkylation sites (tertiary alicyclic amines) is 1. The lowest BCUT2D eigenvalue weighted by Crippen LogP contribution is -2.46. The molecule has 1 fully saturated rings. The Kier molecular flexibility index (Phi) is 5.60. The first-order valence-corrected chi connectivity index (χ1v) is 7.82. The highest BCUT2D eigenvalue weighted by Crippen LogP contribution is 2.22. The number of nitrogens with zero attached hydrogens (tertiary/aromatic N) is 1. The topological polar surface area (TPSA) is 46.3 Å². The summed E-state index contributed by atoms with van der Waals surface area (Å²) in [6.07, 6.45) is 6.08. The predicted octanol–water partition coefficient (Wildman–Crippen LogP) is 2.74. The summed E-state index contributed by atoms with van der Waals surface area (Å²) in [5.74, 6) is 0.150. The normalized spacial score (nSPS) is 20.1. The van der Waals surface area contributed by atoms with Crippen molar-refractivity contribution in [1.82, 2.24) is 4.90 Å². The van der Waals surface area contributed by atoms with Crippen LogP contribution in [0.2, 0.25) is 0 Å². The molecule has 3 nitrogen and oxygen atoms in total. The fourth-order valence-corrected chi connectivity index (χ4v) is 2.98. The van der Waals surface area contributed by atoms with Crippen molar-refractivity contribution in [3.63, 3.8) is 0 Å². The zero-order valence-corrected chi connectivity index (χ0v) is 12.4. The van der Waals surface area contributed by atoms with E-state index < -0.39 is 0 Å². The van der Waals surface area contributed by atoms with E-state index in [9.17, 15) is 4.79 Å². The van der Waals surface area contributed by atoms with Gasteiger partial charge in [0.2, 0.25) is 5.91 Å². The van der Waals surface area contributed by atoms with Crippen molar-refractivity contribution in [3.05, 3.63) is 35.9 Å². The van der Waals surface area contributed by atoms with E-state index in [0.29, 0.717) is 6.04 Å². The van der Waals surface area contributed by atoms with Gasteiger partial charge < -0.3 is 10.6 Å². The number of nitrogens with two attached hydrogens (primary N) is 1. The molecule has 0 aliphatic carbocycles. The van der Waals surface area contributed by atoms with E-state index in [2.05, 4.69) is 31.2 Å². The molecule has 2 atom stereocenters. The Balaban J connectivity index is 1.94. The minimum atomic E-state index is -0.314. The van der Waals surface area contributed by atoms with Gasteiger partial charge >= 0.3 is 0 Å². The predicted molar refractivity (Wildman–Crippen MR) is 82.4 cm³/mol. The van der Waals surface area contributed by atoms with Gasteiger partial charge in [-0.05, 0) is 31.2 Å². The first kappa shape index (κ1) is 15.0. The summed E-state index contributed by atoms with van der Waals surface area (Å²) in [6.45, 7) is 3.00. The van der Waals surface area contributed by atoms with Crippen molar-refractivity contribution in [1.29, 1.82) is 0 Å². The van der Waals surface area contributed by atoms with Gasteiger partial charge in [0.05, 0.1) is 6.04 Å². The Morgan fingerprint density at radius 1 is 1.40 bits per heavy atom. The van der Waals surface area contributed by atoms with Crippen LogP contribution in [0.4, 0.5) is 0 Å². The Hall–Kier alpha value is -1.35. The van der Waals surface area contributed by atoms with Crippen LogP contribution in [0.1, 0.15) is 44.6 Å². The SMILES string of the molecule is CCCCC(N)C(=O)N1CCCC1Cc1ccccc1. The van der Waals surface area contributed by atoms with Crippen LogP contribution in [0.3, 0.4) is 0 Å². The lowest BCUT2D eigenvalue weighted by molar-refractivity contribution is -0.133. The van der Waals surface area contributed by atoms with Crippen molar-refractivity contribution in [3.8, 4) is 0 Å². The lowest BCUT2D eigenvalue weighted by atomic mass is 10.0. The van der Waals surface area contributed by atoms with Gasteiger partial charge in [0, 0.05) is 12.6 Å². The van der Waals surface area contributed by atoms with Gasteiger partial charge in [0.15, 0.2) is 0 Å². The molecule has 0 bridgehead atoms. The number of carbonyl (C=O) groups is 1. The zero-order valence-electron chi connectivity index (χ0n) is 12.4. The van der Waals surface area contributed by atoms with Gasteiger partial charge in [-0.2, -0.15) is 0 Å². The number of benzene rings is 1. The average Bonchev–Trinajstić information content (AvgIpc) is 2.93. The summed E-state index contributed by atoms with van der Waals surface area (Å²) in [6, 6.07) is 10.4. The maximum atomic E-state index is 12.5. The number of hydrogen-bond acceptors (Lipinski definition) is 2. The molecule has 2 unspecified atom stereocenters. The average molecular weight is 274 g/mol. The van der Waals surface area contributed by atoms with E-state index in [0.717, 1.165) is 45.1 Å². The summed E-state index contributed by atoms with van der Waals surface area (Å²) < 4.78 is 0. The van der Waals surface area contributed by atoms with Gasteiger partial charge in [-0.3, -0.25) is 4.79 Å². The maximum absolute atomic E-state index is 12.5. The van der Waals surface area contributed by atoms with Crippen LogP contribution in [0, 0.1) is 0 Å². The minimum absolute atomic E-state index is 0.150. The fraction of sp³-hybridized carbons (Fsp3) is 0.588. The zero-order chi connectivity index (χ0) is 14.4. The van der Waals surface area contributed by atoms with Gasteiger partial charge in [0.25, 0.3) is 0 Å². The van der Waals surface area contributed by atoms with E-state index >= 15 is 0 Å². The Labute approximate surface area is 122 Å². The van der Waals surface area contributed by atoms with Crippen LogP contribution in [-0.4, -0.2) is 29.4 Å². The fourth-order valence-electron chi connectivity index (χ4n) is 2.98. The van der Waals surface area contributed by atoms with Crippen LogP contribution in [0.15, 0.2) is 30.3 Å². The van der Waals surface area contributed by atoms with Crippen molar-refractivity contribution in [2.24, 2.45) is 5.73 Å². The van der Waals surface area contributed by atoms with Crippen LogP contribution in [0.5, 0.6) is 0 Å². The van der Waals surface area contributed by atoms with Gasteiger partial charge in [-0.1, -0.05) is 50.1 Å². The molecule has 2 rings (SSSR count). The first-order chi connectivity index (χ1) is 9.72. The summed E-state index contributed by atoms with van der Waals surface area (Å²) in [4.78, 5) is 14.5. The molecule has 2 N–H and O–H groups in total. The second kappa shape index (κ2) is 7.44. The molecule has 0 spiro atoms. The van der Waals surface area contributed by atoms with E-state index in [-0.39, 0.29) is 11.9 Å². The van der Waals surface area contributed by atoms with Crippen molar-refractivity contribution < 1.29 is 4.79 Å². The second-order valence-electron chi connectivity index (χ2n) is 5.77. The number of amides is 1. The third-order valence-corrected chi connectivity index (χ3v) is 4.16. The van der Waals surface area contributed by atoms with Crippen molar-refractivity contribution in [2.75, 3.05) is 6.54 Å². The minimum Gasteiger partial charge on any atom is -0.338 e. The Morgan fingerprint density at radius 2 is 2.15 bits per heavy atom. The van der Waals surface area contributed by atoms with E-state index in [1.54, 1.807) is 0 Å². The molecule has 1 aromatic rings. The summed E-state index contributed by atoms with van der Waals surface area (Å²) in [5, 5.41) is 0. The summed E-state index contributed by atoms with van der Waals surface area (Å²) in [5.41, 5.74) is 7.35. The highest BCUT2D eigenvalue weighted by Gasteiger charge is 2.31. The van der Waals surface area contributed by atoms with E-state index in [1.807, 2.05) is 11.0 Å². The molecular weight excluding hydrogens is 248 g/mol. The molecule has 0 aromatic heterocycles. The van der Waals surface area contributed by atoms with Crippen LogP contribution in [0.25, 0.3) is 0 Å². The highest BCUT2D eigenvalue weighted by atomic mass is 16.2. The van der Waals surface area contributed by atoms with Crippen LogP contribution < -0.4 is 5.73 Å². The van der Waals surface area contributed by atoms with Gasteiger partial charge in [-0.25, -0.2) is 0 Å². The molecule has 1 aromatic carbocycles. The van der Waals surface area contributed by atoms with E-state index in [4.69, 9.17) is 5.73 Å². The number of unbranched alkanes of at least 4 members (excludes halogenated alkanes) is 1. The number of hydrogen-bond donors (Lipinski definition) is 1. The Morgan fingerprint density at radius 3 is 2.85 bits per heavy atom. The number of rotatable bonds is 6. The summed E-state index contributed by atoms with van der Waals surface area (Å²) in [7, 11) is 0. The molecule has 1 saturated heterocycles. The van der Waals surface area contributed by atoms with Crippen LogP contribution in [-0.2, 0) is 11.2 Å². The van der Waals surface area contributed by atoms with Crippen LogP contribution >= 0.6 is 0 Å². The quantitative estimate of drug-likeness (QED) is 0.867. The summed E-state index contributed by atoms with van der Waals surface area (Å²) >= 11 is 0. The third kappa shape index (κ3) is 3.83. The van der Waals surface area contributed by atoms with Gasteiger partial charge in [0.1, 0.15) is 0 Å². The molecule has 110 valence electrons. The molecule has 1 amide bonds. The molecule has 0 radical (unpaired) electrons. The monoisotopic (exact) mass is 274 g/mol. The molecule has 0 saturated carbocycles. The molecule has 1 aliphatic heterocycles. The largest absolute Gasteiger partial charge is 0.338 e. The molecule has 20 heavy (non-hydrogen) atoms.